The first kappa shape index (κ1) is 42.3. The second kappa shape index (κ2) is 17.7. The van der Waals surface area contributed by atoms with Gasteiger partial charge in [0.25, 0.3) is 15.6 Å². The number of anilines is 1. The molecular formula is C40H46F3N7O7S. The van der Waals surface area contributed by atoms with Crippen LogP contribution in [-0.2, 0) is 56.4 Å². The summed E-state index contributed by atoms with van der Waals surface area (Å²) >= 11 is 0. The smallest absolute Gasteiger partial charge is 0.378 e. The highest BCUT2D eigenvalue weighted by Gasteiger charge is 2.34. The number of morpholine rings is 1. The molecule has 1 saturated heterocycles. The third-order valence-corrected chi connectivity index (χ3v) is 11.9. The van der Waals surface area contributed by atoms with E-state index in [1.165, 1.54) is 19.4 Å². The van der Waals surface area contributed by atoms with Gasteiger partial charge in [-0.15, -0.1) is 0 Å². The molecular weight excluding hydrogens is 780 g/mol. The number of methoxy groups -OCH3 is 1. The van der Waals surface area contributed by atoms with E-state index < -0.39 is 21.9 Å². The summed E-state index contributed by atoms with van der Waals surface area (Å²) in [5.41, 5.74) is 1.47. The molecule has 0 saturated carbocycles. The van der Waals surface area contributed by atoms with Gasteiger partial charge < -0.3 is 18.9 Å². The Labute approximate surface area is 334 Å². The van der Waals surface area contributed by atoms with Crippen LogP contribution in [0.1, 0.15) is 65.0 Å². The number of amides is 1. The van der Waals surface area contributed by atoms with Crippen molar-refractivity contribution in [2.24, 2.45) is 0 Å². The summed E-state index contributed by atoms with van der Waals surface area (Å²) in [7, 11) is -3.04. The average Bonchev–Trinajstić information content (AvgIpc) is 3.82. The molecule has 5 aromatic rings. The maximum Gasteiger partial charge on any atom is 0.435 e. The SMILES string of the molecule is CCCCc1nc(C)c(CC(=O)N2CCOCC2)c(=O)n1Cc1ccc(-c2ccccc2S(=O)(=O)N(COC)c2noc(C)c2C)c(Cn2ccc(C(F)(F)F)n2)c1. The largest absolute Gasteiger partial charge is 0.435 e. The number of nitrogens with zero attached hydrogens (tertiary/aromatic N) is 7. The van der Waals surface area contributed by atoms with E-state index in [4.69, 9.17) is 19.0 Å². The Hall–Kier alpha value is -5.33. The van der Waals surface area contributed by atoms with Crippen molar-refractivity contribution in [2.45, 2.75) is 77.5 Å². The third-order valence-electron chi connectivity index (χ3n) is 10.1. The van der Waals surface area contributed by atoms with Crippen LogP contribution in [0.2, 0.25) is 0 Å². The Morgan fingerprint density at radius 2 is 1.76 bits per heavy atom. The van der Waals surface area contributed by atoms with E-state index in [0.29, 0.717) is 72.3 Å². The molecule has 1 aliphatic heterocycles. The van der Waals surface area contributed by atoms with Crippen LogP contribution in [0.15, 0.2) is 68.9 Å². The Balaban J connectivity index is 1.46. The van der Waals surface area contributed by atoms with E-state index in [2.05, 4.69) is 10.3 Å². The number of sulfonamides is 1. The minimum absolute atomic E-state index is 0.0242. The number of ether oxygens (including phenoxy) is 2. The number of aromatic nitrogens is 5. The van der Waals surface area contributed by atoms with Gasteiger partial charge >= 0.3 is 6.18 Å². The lowest BCUT2D eigenvalue weighted by atomic mass is 9.97. The van der Waals surface area contributed by atoms with Gasteiger partial charge in [0, 0.05) is 55.2 Å². The van der Waals surface area contributed by atoms with Gasteiger partial charge in [-0.2, -0.15) is 18.3 Å². The van der Waals surface area contributed by atoms with Gasteiger partial charge in [0.05, 0.1) is 37.6 Å². The van der Waals surface area contributed by atoms with E-state index in [0.717, 1.165) is 27.9 Å². The molecule has 2 aromatic carbocycles. The maximum atomic E-state index is 14.5. The van der Waals surface area contributed by atoms with E-state index in [-0.39, 0.29) is 59.5 Å². The lowest BCUT2D eigenvalue weighted by Gasteiger charge is -2.27. The second-order valence-electron chi connectivity index (χ2n) is 14.1. The van der Waals surface area contributed by atoms with Gasteiger partial charge in [-0.25, -0.2) is 17.7 Å². The van der Waals surface area contributed by atoms with Crippen molar-refractivity contribution >= 4 is 21.7 Å². The zero-order chi connectivity index (χ0) is 41.8. The molecule has 0 N–H and O–H groups in total. The quantitative estimate of drug-likeness (QED) is 0.121. The summed E-state index contributed by atoms with van der Waals surface area (Å²) in [6.45, 7) is 8.23. The van der Waals surface area contributed by atoms with Crippen molar-refractivity contribution in [1.82, 2.24) is 29.4 Å². The molecule has 0 radical (unpaired) electrons. The lowest BCUT2D eigenvalue weighted by Crippen LogP contribution is -2.42. The van der Waals surface area contributed by atoms with Crippen LogP contribution in [-0.4, -0.2) is 83.9 Å². The number of alkyl halides is 3. The molecule has 0 spiro atoms. The number of carbonyl (C=O) groups is 1. The molecule has 1 fully saturated rings. The first-order valence-electron chi connectivity index (χ1n) is 18.8. The van der Waals surface area contributed by atoms with Crippen molar-refractivity contribution < 1.29 is 40.4 Å². The van der Waals surface area contributed by atoms with Crippen LogP contribution in [0.5, 0.6) is 0 Å². The molecule has 0 aliphatic carbocycles. The number of carbonyl (C=O) groups excluding carboxylic acids is 1. The second-order valence-corrected chi connectivity index (χ2v) is 15.9. The van der Waals surface area contributed by atoms with E-state index in [1.807, 2.05) is 6.92 Å². The molecule has 0 atom stereocenters. The summed E-state index contributed by atoms with van der Waals surface area (Å²) in [5, 5.41) is 7.76. The fourth-order valence-corrected chi connectivity index (χ4v) is 8.44. The van der Waals surface area contributed by atoms with Crippen LogP contribution in [0.4, 0.5) is 19.0 Å². The number of halogens is 3. The van der Waals surface area contributed by atoms with Crippen molar-refractivity contribution in [3.63, 3.8) is 0 Å². The molecule has 6 rings (SSSR count). The molecule has 1 aliphatic rings. The van der Waals surface area contributed by atoms with Crippen LogP contribution in [0.25, 0.3) is 11.1 Å². The van der Waals surface area contributed by atoms with Crippen LogP contribution < -0.4 is 9.86 Å². The number of rotatable bonds is 15. The highest BCUT2D eigenvalue weighted by atomic mass is 32.2. The Bertz CT molecular complexity index is 2440. The van der Waals surface area contributed by atoms with Crippen molar-refractivity contribution in [2.75, 3.05) is 44.4 Å². The molecule has 4 heterocycles. The summed E-state index contributed by atoms with van der Waals surface area (Å²) in [6, 6.07) is 12.3. The molecule has 3 aromatic heterocycles. The van der Waals surface area contributed by atoms with Gasteiger partial charge in [0.2, 0.25) is 5.91 Å². The number of aryl methyl sites for hydroxylation is 3. The monoisotopic (exact) mass is 825 g/mol. The summed E-state index contributed by atoms with van der Waals surface area (Å²) < 4.78 is 89.6. The summed E-state index contributed by atoms with van der Waals surface area (Å²) in [4.78, 5) is 33.9. The summed E-state index contributed by atoms with van der Waals surface area (Å²) in [5.74, 6) is 0.802. The number of benzene rings is 2. The molecule has 0 bridgehead atoms. The molecule has 0 unspecified atom stereocenters. The van der Waals surface area contributed by atoms with Crippen LogP contribution in [0.3, 0.4) is 0 Å². The van der Waals surface area contributed by atoms with Gasteiger partial charge in [-0.3, -0.25) is 18.8 Å². The number of hydrogen-bond acceptors (Lipinski definition) is 10. The predicted molar refractivity (Wildman–Crippen MR) is 208 cm³/mol. The van der Waals surface area contributed by atoms with E-state index >= 15 is 0 Å². The molecule has 58 heavy (non-hydrogen) atoms. The first-order valence-corrected chi connectivity index (χ1v) is 20.3. The molecule has 14 nitrogen and oxygen atoms in total. The summed E-state index contributed by atoms with van der Waals surface area (Å²) in [6.07, 6.45) is -1.52. The minimum Gasteiger partial charge on any atom is -0.378 e. The molecule has 310 valence electrons. The predicted octanol–water partition coefficient (Wildman–Crippen LogP) is 5.68. The Morgan fingerprint density at radius 1 is 1.02 bits per heavy atom. The number of hydrogen-bond donors (Lipinski definition) is 0. The van der Waals surface area contributed by atoms with Crippen molar-refractivity contribution in [3.8, 4) is 11.1 Å². The van der Waals surface area contributed by atoms with E-state index in [1.54, 1.807) is 66.6 Å². The highest BCUT2D eigenvalue weighted by molar-refractivity contribution is 7.93. The third kappa shape index (κ3) is 9.03. The Kier molecular flexibility index (Phi) is 12.9. The van der Waals surface area contributed by atoms with Crippen molar-refractivity contribution in [3.05, 3.63) is 110 Å². The van der Waals surface area contributed by atoms with Gasteiger partial charge in [0.15, 0.2) is 11.5 Å². The zero-order valence-corrected chi connectivity index (χ0v) is 33.8. The maximum absolute atomic E-state index is 14.5. The standard InChI is InChI=1S/C40H46F3N7O7S/c1-6-7-12-36-44-27(3)33(22-37(51)47-17-19-56-20-18-47)39(52)49(36)23-29-13-14-31(30(21-29)24-48-16-15-35(45-48)40(41,42)43)32-10-8-9-11-34(32)58(53,54)50(25-55-5)38-26(2)28(4)57-46-38/h8-11,13-16,21H,6-7,12,17-20,22-25H2,1-5H3. The van der Waals surface area contributed by atoms with Gasteiger partial charge in [-0.1, -0.05) is 54.9 Å². The van der Waals surface area contributed by atoms with Gasteiger partial charge in [0.1, 0.15) is 18.3 Å². The lowest BCUT2D eigenvalue weighted by molar-refractivity contribution is -0.141. The number of unbranched alkanes of at least 4 members (excludes halogenated alkanes) is 1. The molecule has 18 heteroatoms. The van der Waals surface area contributed by atoms with Crippen LogP contribution >= 0.6 is 0 Å². The fourth-order valence-electron chi connectivity index (χ4n) is 6.85. The molecule has 1 amide bonds. The Morgan fingerprint density at radius 3 is 2.41 bits per heavy atom. The highest BCUT2D eigenvalue weighted by Crippen LogP contribution is 2.36. The topological polar surface area (TPSA) is 155 Å². The zero-order valence-electron chi connectivity index (χ0n) is 33.0. The minimum atomic E-state index is -4.69. The van der Waals surface area contributed by atoms with Crippen molar-refractivity contribution in [1.29, 1.82) is 0 Å². The van der Waals surface area contributed by atoms with E-state index in [9.17, 15) is 31.2 Å². The fraction of sp³-hybridized carbons (Fsp3) is 0.425. The average molecular weight is 826 g/mol. The normalized spacial score (nSPS) is 13.6. The van der Waals surface area contributed by atoms with Gasteiger partial charge in [-0.05, 0) is 56.0 Å². The first-order chi connectivity index (χ1) is 27.6. The van der Waals surface area contributed by atoms with Crippen LogP contribution in [0, 0.1) is 20.8 Å².